The minimum Gasteiger partial charge on any atom is -0.394 e. The van der Waals surface area contributed by atoms with Crippen molar-refractivity contribution >= 4 is 12.0 Å². The van der Waals surface area contributed by atoms with Crippen LogP contribution in [0.4, 0.5) is 5.82 Å². The van der Waals surface area contributed by atoms with Gasteiger partial charge in [-0.25, -0.2) is 15.1 Å². The summed E-state index contributed by atoms with van der Waals surface area (Å²) in [5.41, 5.74) is 7.73. The van der Waals surface area contributed by atoms with Crippen molar-refractivity contribution in [2.24, 2.45) is 4.99 Å². The molecule has 0 amide bonds. The topological polar surface area (TPSA) is 113 Å². The first kappa shape index (κ1) is 18.7. The molecule has 2 aromatic rings. The molecule has 9 heteroatoms. The van der Waals surface area contributed by atoms with E-state index < -0.39 is 0 Å². The van der Waals surface area contributed by atoms with Crippen LogP contribution in [-0.2, 0) is 0 Å². The zero-order chi connectivity index (χ0) is 18.1. The molecule has 9 nitrogen and oxygen atoms in total. The van der Waals surface area contributed by atoms with Crippen LogP contribution in [0.3, 0.4) is 0 Å². The van der Waals surface area contributed by atoms with Crippen LogP contribution in [0.5, 0.6) is 0 Å². The Bertz CT molecular complexity index is 712. The number of rotatable bonds is 10. The molecule has 0 radical (unpaired) electrons. The van der Waals surface area contributed by atoms with Crippen molar-refractivity contribution in [3.8, 4) is 11.5 Å². The average molecular weight is 344 g/mol. The predicted octanol–water partition coefficient (Wildman–Crippen LogP) is 1.24. The standard InChI is InChI=1S/C16H24N8O/c1-4-17-10-12(2)8-9-18-20-15-7-5-6-14(19-15)16-21-22-23-24(16)13(3)11-25/h5-7,10,13,18,25H,2,4,8-9,11H2,1,3H3,(H,19,20)/b17-10-/t13-/m1/s1. The number of anilines is 1. The molecule has 0 bridgehead atoms. The van der Waals surface area contributed by atoms with Crippen LogP contribution in [0.1, 0.15) is 26.3 Å². The molecule has 0 spiro atoms. The Morgan fingerprint density at radius 1 is 1.48 bits per heavy atom. The zero-order valence-corrected chi connectivity index (χ0v) is 14.6. The first-order valence-corrected chi connectivity index (χ1v) is 8.18. The molecule has 0 aliphatic rings. The first-order chi connectivity index (χ1) is 12.2. The van der Waals surface area contributed by atoms with Crippen molar-refractivity contribution < 1.29 is 5.11 Å². The van der Waals surface area contributed by atoms with Crippen molar-refractivity contribution in [3.05, 3.63) is 30.4 Å². The highest BCUT2D eigenvalue weighted by Gasteiger charge is 2.15. The Kier molecular flexibility index (Phi) is 7.17. The largest absolute Gasteiger partial charge is 0.394 e. The maximum Gasteiger partial charge on any atom is 0.201 e. The number of nitrogens with zero attached hydrogens (tertiary/aromatic N) is 6. The quantitative estimate of drug-likeness (QED) is 0.337. The third-order valence-corrected chi connectivity index (χ3v) is 3.40. The number of pyridine rings is 1. The Labute approximate surface area is 146 Å². The van der Waals surface area contributed by atoms with Gasteiger partial charge in [0, 0.05) is 19.3 Å². The van der Waals surface area contributed by atoms with E-state index in [1.807, 2.05) is 32.0 Å². The summed E-state index contributed by atoms with van der Waals surface area (Å²) in [4.78, 5) is 8.65. The fourth-order valence-electron chi connectivity index (χ4n) is 2.03. The van der Waals surface area contributed by atoms with Gasteiger partial charge in [0.2, 0.25) is 5.82 Å². The molecule has 1 atom stereocenters. The van der Waals surface area contributed by atoms with Crippen LogP contribution in [-0.4, -0.2) is 56.2 Å². The van der Waals surface area contributed by atoms with E-state index in [1.165, 1.54) is 0 Å². The van der Waals surface area contributed by atoms with E-state index in [9.17, 15) is 5.11 Å². The van der Waals surface area contributed by atoms with E-state index in [1.54, 1.807) is 10.9 Å². The second-order valence-corrected chi connectivity index (χ2v) is 5.47. The van der Waals surface area contributed by atoms with Crippen molar-refractivity contribution in [1.82, 2.24) is 30.6 Å². The molecule has 2 rings (SSSR count). The van der Waals surface area contributed by atoms with Crippen LogP contribution >= 0.6 is 0 Å². The van der Waals surface area contributed by atoms with Crippen LogP contribution in [0.2, 0.25) is 0 Å². The Balaban J connectivity index is 1.95. The summed E-state index contributed by atoms with van der Waals surface area (Å²) in [5.74, 6) is 1.16. The minimum absolute atomic E-state index is 0.0528. The summed E-state index contributed by atoms with van der Waals surface area (Å²) in [5, 5.41) is 20.9. The van der Waals surface area contributed by atoms with Gasteiger partial charge in [0.05, 0.1) is 12.6 Å². The predicted molar refractivity (Wildman–Crippen MR) is 97.3 cm³/mol. The molecule has 0 aliphatic carbocycles. The number of tetrazole rings is 1. The fourth-order valence-corrected chi connectivity index (χ4v) is 2.03. The van der Waals surface area contributed by atoms with Crippen LogP contribution in [0.25, 0.3) is 11.5 Å². The zero-order valence-electron chi connectivity index (χ0n) is 14.6. The molecule has 0 aliphatic heterocycles. The number of hydrogen-bond acceptors (Lipinski definition) is 8. The molecule has 2 heterocycles. The van der Waals surface area contributed by atoms with Gasteiger partial charge in [0.15, 0.2) is 0 Å². The van der Waals surface area contributed by atoms with Crippen molar-refractivity contribution in [1.29, 1.82) is 0 Å². The summed E-state index contributed by atoms with van der Waals surface area (Å²) in [6.07, 6.45) is 2.57. The molecule has 0 fully saturated rings. The fraction of sp³-hybridized carbons (Fsp3) is 0.438. The molecule has 0 aromatic carbocycles. The molecular formula is C16H24N8O. The lowest BCUT2D eigenvalue weighted by atomic mass is 10.2. The van der Waals surface area contributed by atoms with Crippen molar-refractivity contribution in [3.63, 3.8) is 0 Å². The highest BCUT2D eigenvalue weighted by atomic mass is 16.3. The Morgan fingerprint density at radius 2 is 2.32 bits per heavy atom. The van der Waals surface area contributed by atoms with Crippen molar-refractivity contribution in [2.45, 2.75) is 26.3 Å². The summed E-state index contributed by atoms with van der Waals surface area (Å²) in [6.45, 7) is 9.16. The van der Waals surface area contributed by atoms with Gasteiger partial charge in [0.25, 0.3) is 0 Å². The number of hydrazine groups is 1. The lowest BCUT2D eigenvalue weighted by molar-refractivity contribution is 0.229. The van der Waals surface area contributed by atoms with Gasteiger partial charge in [-0.3, -0.25) is 4.99 Å². The van der Waals surface area contributed by atoms with E-state index in [0.717, 1.165) is 18.5 Å². The van der Waals surface area contributed by atoms with Gasteiger partial charge in [-0.2, -0.15) is 0 Å². The third-order valence-electron chi connectivity index (χ3n) is 3.40. The van der Waals surface area contributed by atoms with E-state index in [2.05, 4.69) is 42.9 Å². The summed E-state index contributed by atoms with van der Waals surface area (Å²) in [7, 11) is 0. The molecule has 25 heavy (non-hydrogen) atoms. The SMILES string of the molecule is C=C(/C=N\CC)CCNNc1cccc(-c2nnnn2[C@H](C)CO)n1. The van der Waals surface area contributed by atoms with E-state index in [-0.39, 0.29) is 12.6 Å². The molecule has 0 unspecified atom stereocenters. The second-order valence-electron chi connectivity index (χ2n) is 5.47. The van der Waals surface area contributed by atoms with Gasteiger partial charge in [-0.15, -0.1) is 5.10 Å². The number of aromatic nitrogens is 5. The number of nitrogens with one attached hydrogen (secondary N) is 2. The highest BCUT2D eigenvalue weighted by molar-refractivity contribution is 5.77. The normalized spacial score (nSPS) is 12.4. The summed E-state index contributed by atoms with van der Waals surface area (Å²) in [6, 6.07) is 5.30. The number of hydrogen-bond donors (Lipinski definition) is 3. The molecule has 0 saturated heterocycles. The van der Waals surface area contributed by atoms with Crippen LogP contribution in [0, 0.1) is 0 Å². The Hall–Kier alpha value is -2.65. The van der Waals surface area contributed by atoms with E-state index in [0.29, 0.717) is 23.9 Å². The first-order valence-electron chi connectivity index (χ1n) is 8.18. The van der Waals surface area contributed by atoms with Gasteiger partial charge in [-0.1, -0.05) is 12.6 Å². The number of aliphatic hydroxyl groups is 1. The summed E-state index contributed by atoms with van der Waals surface area (Å²) >= 11 is 0. The second kappa shape index (κ2) is 9.60. The highest BCUT2D eigenvalue weighted by Crippen LogP contribution is 2.18. The van der Waals surface area contributed by atoms with E-state index in [4.69, 9.17) is 0 Å². The smallest absolute Gasteiger partial charge is 0.201 e. The molecule has 134 valence electrons. The van der Waals surface area contributed by atoms with Crippen molar-refractivity contribution in [2.75, 3.05) is 25.1 Å². The molecule has 0 saturated carbocycles. The lowest BCUT2D eigenvalue weighted by Crippen LogP contribution is -2.24. The van der Waals surface area contributed by atoms with E-state index >= 15 is 0 Å². The molecule has 3 N–H and O–H groups in total. The third kappa shape index (κ3) is 5.44. The van der Waals surface area contributed by atoms with Gasteiger partial charge >= 0.3 is 0 Å². The lowest BCUT2D eigenvalue weighted by Gasteiger charge is -2.11. The van der Waals surface area contributed by atoms with Gasteiger partial charge in [-0.05, 0) is 48.4 Å². The summed E-state index contributed by atoms with van der Waals surface area (Å²) < 4.78 is 1.55. The average Bonchev–Trinajstić information content (AvgIpc) is 3.13. The Morgan fingerprint density at radius 3 is 3.08 bits per heavy atom. The minimum atomic E-state index is -0.225. The van der Waals surface area contributed by atoms with Gasteiger partial charge in [0.1, 0.15) is 11.5 Å². The maximum absolute atomic E-state index is 9.30. The van der Waals surface area contributed by atoms with Gasteiger partial charge < -0.3 is 10.5 Å². The molecule has 2 aromatic heterocycles. The molecular weight excluding hydrogens is 320 g/mol. The maximum atomic E-state index is 9.30. The van der Waals surface area contributed by atoms with Crippen LogP contribution < -0.4 is 10.9 Å². The monoisotopic (exact) mass is 344 g/mol. The number of aliphatic imine (C=N–C) groups is 1. The van der Waals surface area contributed by atoms with Crippen LogP contribution in [0.15, 0.2) is 35.3 Å². The number of aliphatic hydroxyl groups excluding tert-OH is 1.